The Balaban J connectivity index is 2.37. The summed E-state index contributed by atoms with van der Waals surface area (Å²) in [6.45, 7) is -0.226. The Hall–Kier alpha value is -1.97. The van der Waals surface area contributed by atoms with Crippen molar-refractivity contribution in [3.05, 3.63) is 16.7 Å². The summed E-state index contributed by atoms with van der Waals surface area (Å²) in [6.07, 6.45) is -0.129. The second-order valence-electron chi connectivity index (χ2n) is 4.03. The van der Waals surface area contributed by atoms with Crippen molar-refractivity contribution in [1.82, 2.24) is 19.5 Å². The molecule has 2 aromatic heterocycles. The van der Waals surface area contributed by atoms with Gasteiger partial charge in [-0.2, -0.15) is 4.98 Å². The summed E-state index contributed by atoms with van der Waals surface area (Å²) in [5.41, 5.74) is 5.25. The standard InChI is InChI=1S/C10H15N5O4/c1-19-5(3-16)2-6(17)15-4-12-7-8(15)13-10(11)14-9(7)18/h4-6,16-17H,2-3H2,1H3,(H3,11,13,14,18)/t5-,6+/m0/s1. The zero-order chi connectivity index (χ0) is 14.0. The van der Waals surface area contributed by atoms with E-state index in [1.54, 1.807) is 0 Å². The van der Waals surface area contributed by atoms with Crippen LogP contribution in [0.5, 0.6) is 0 Å². The van der Waals surface area contributed by atoms with Crippen LogP contribution in [0, 0.1) is 0 Å². The molecule has 2 aromatic rings. The van der Waals surface area contributed by atoms with Crippen LogP contribution in [0.2, 0.25) is 0 Å². The first-order valence-electron chi connectivity index (χ1n) is 5.60. The second-order valence-corrected chi connectivity index (χ2v) is 4.03. The van der Waals surface area contributed by atoms with Gasteiger partial charge >= 0.3 is 0 Å². The average Bonchev–Trinajstić information content (AvgIpc) is 2.79. The van der Waals surface area contributed by atoms with Gasteiger partial charge in [0.1, 0.15) is 6.23 Å². The van der Waals surface area contributed by atoms with Crippen molar-refractivity contribution in [3.63, 3.8) is 0 Å². The maximum Gasteiger partial charge on any atom is 0.280 e. The number of aliphatic hydroxyl groups excluding tert-OH is 2. The highest BCUT2D eigenvalue weighted by molar-refractivity contribution is 5.70. The number of H-pyrrole nitrogens is 1. The average molecular weight is 269 g/mol. The molecule has 19 heavy (non-hydrogen) atoms. The molecule has 9 heteroatoms. The van der Waals surface area contributed by atoms with Crippen molar-refractivity contribution in [2.45, 2.75) is 18.8 Å². The highest BCUT2D eigenvalue weighted by atomic mass is 16.5. The summed E-state index contributed by atoms with van der Waals surface area (Å²) in [5, 5.41) is 19.1. The predicted molar refractivity (Wildman–Crippen MR) is 66.3 cm³/mol. The van der Waals surface area contributed by atoms with E-state index in [1.807, 2.05) is 0 Å². The molecule has 2 heterocycles. The molecule has 0 radical (unpaired) electrons. The van der Waals surface area contributed by atoms with Crippen molar-refractivity contribution in [2.24, 2.45) is 0 Å². The third kappa shape index (κ3) is 2.57. The van der Waals surface area contributed by atoms with Crippen molar-refractivity contribution in [2.75, 3.05) is 19.5 Å². The molecule has 0 bridgehead atoms. The first-order valence-corrected chi connectivity index (χ1v) is 5.60. The normalized spacial score (nSPS) is 14.7. The number of aliphatic hydroxyl groups is 2. The molecule has 0 fully saturated rings. The van der Waals surface area contributed by atoms with Gasteiger partial charge in [0.05, 0.1) is 19.0 Å². The first-order chi connectivity index (χ1) is 9.06. The molecule has 5 N–H and O–H groups in total. The summed E-state index contributed by atoms with van der Waals surface area (Å²) < 4.78 is 6.28. The number of fused-ring (bicyclic) bond motifs is 1. The Morgan fingerprint density at radius 3 is 3.00 bits per heavy atom. The van der Waals surface area contributed by atoms with Crippen LogP contribution in [0.25, 0.3) is 11.2 Å². The molecule has 2 atom stereocenters. The fourth-order valence-electron chi connectivity index (χ4n) is 1.76. The number of nitrogen functional groups attached to an aromatic ring is 1. The number of methoxy groups -OCH3 is 1. The van der Waals surface area contributed by atoms with Gasteiger partial charge in [0.15, 0.2) is 11.2 Å². The number of rotatable bonds is 5. The Morgan fingerprint density at radius 2 is 2.37 bits per heavy atom. The van der Waals surface area contributed by atoms with Crippen LogP contribution in [0.1, 0.15) is 12.6 Å². The third-order valence-corrected chi connectivity index (χ3v) is 2.78. The Labute approximate surface area is 107 Å². The second kappa shape index (κ2) is 5.34. The summed E-state index contributed by atoms with van der Waals surface area (Å²) in [5.74, 6) is -0.0584. The number of ether oxygens (including phenoxy) is 1. The molecule has 0 aromatic carbocycles. The van der Waals surface area contributed by atoms with E-state index in [9.17, 15) is 9.90 Å². The van der Waals surface area contributed by atoms with E-state index in [2.05, 4.69) is 15.0 Å². The molecule has 9 nitrogen and oxygen atoms in total. The molecule has 0 aliphatic heterocycles. The minimum absolute atomic E-state index is 0.0584. The molecule has 0 amide bonds. The van der Waals surface area contributed by atoms with E-state index < -0.39 is 17.9 Å². The number of imidazole rings is 1. The number of anilines is 1. The Bertz CT molecular complexity index is 618. The summed E-state index contributed by atoms with van der Waals surface area (Å²) in [7, 11) is 1.43. The number of hydrogen-bond donors (Lipinski definition) is 4. The largest absolute Gasteiger partial charge is 0.394 e. The minimum atomic E-state index is -1.03. The van der Waals surface area contributed by atoms with Crippen molar-refractivity contribution >= 4 is 17.1 Å². The van der Waals surface area contributed by atoms with Gasteiger partial charge in [-0.1, -0.05) is 0 Å². The highest BCUT2D eigenvalue weighted by Gasteiger charge is 2.18. The monoisotopic (exact) mass is 269 g/mol. The van der Waals surface area contributed by atoms with Crippen molar-refractivity contribution in [1.29, 1.82) is 0 Å². The highest BCUT2D eigenvalue weighted by Crippen LogP contribution is 2.17. The van der Waals surface area contributed by atoms with E-state index in [0.717, 1.165) is 0 Å². The maximum absolute atomic E-state index is 11.6. The summed E-state index contributed by atoms with van der Waals surface area (Å²) in [6, 6.07) is 0. The van der Waals surface area contributed by atoms with Gasteiger partial charge < -0.3 is 20.7 Å². The van der Waals surface area contributed by atoms with Gasteiger partial charge in [0, 0.05) is 13.5 Å². The van der Waals surface area contributed by atoms with Gasteiger partial charge in [0.25, 0.3) is 5.56 Å². The van der Waals surface area contributed by atoms with Crippen LogP contribution in [0.4, 0.5) is 5.95 Å². The third-order valence-electron chi connectivity index (χ3n) is 2.78. The van der Waals surface area contributed by atoms with Gasteiger partial charge in [-0.3, -0.25) is 14.3 Å². The lowest BCUT2D eigenvalue weighted by molar-refractivity contribution is -0.0112. The number of nitrogens with two attached hydrogens (primary N) is 1. The topological polar surface area (TPSA) is 139 Å². The van der Waals surface area contributed by atoms with Crippen LogP contribution >= 0.6 is 0 Å². The summed E-state index contributed by atoms with van der Waals surface area (Å²) >= 11 is 0. The van der Waals surface area contributed by atoms with Gasteiger partial charge in [-0.15, -0.1) is 0 Å². The first kappa shape index (κ1) is 13.5. The van der Waals surface area contributed by atoms with Crippen molar-refractivity contribution < 1.29 is 14.9 Å². The number of aromatic nitrogens is 4. The van der Waals surface area contributed by atoms with E-state index in [1.165, 1.54) is 18.0 Å². The number of nitrogens with one attached hydrogen (secondary N) is 1. The van der Waals surface area contributed by atoms with Crippen LogP contribution in [0.15, 0.2) is 11.1 Å². The molecule has 104 valence electrons. The molecule has 0 saturated heterocycles. The lowest BCUT2D eigenvalue weighted by Crippen LogP contribution is -2.22. The van der Waals surface area contributed by atoms with Gasteiger partial charge in [0.2, 0.25) is 5.95 Å². The van der Waals surface area contributed by atoms with Crippen LogP contribution in [-0.2, 0) is 4.74 Å². The number of aromatic amines is 1. The molecule has 0 aliphatic carbocycles. The fraction of sp³-hybridized carbons (Fsp3) is 0.500. The van der Waals surface area contributed by atoms with Gasteiger partial charge in [-0.05, 0) is 0 Å². The molecular weight excluding hydrogens is 254 g/mol. The number of hydrogen-bond acceptors (Lipinski definition) is 7. The zero-order valence-corrected chi connectivity index (χ0v) is 10.3. The van der Waals surface area contributed by atoms with E-state index in [0.29, 0.717) is 0 Å². The SMILES string of the molecule is CO[C@H](CO)C[C@@H](O)n1cnc2c(=O)[nH]c(N)nc21. The molecule has 0 spiro atoms. The molecule has 0 aliphatic rings. The van der Waals surface area contributed by atoms with Crippen LogP contribution in [-0.4, -0.2) is 49.6 Å². The Morgan fingerprint density at radius 1 is 1.63 bits per heavy atom. The zero-order valence-electron chi connectivity index (χ0n) is 10.3. The molecule has 0 unspecified atom stereocenters. The van der Waals surface area contributed by atoms with Crippen molar-refractivity contribution in [3.8, 4) is 0 Å². The maximum atomic E-state index is 11.6. The van der Waals surface area contributed by atoms with Crippen LogP contribution < -0.4 is 11.3 Å². The smallest absolute Gasteiger partial charge is 0.280 e. The van der Waals surface area contributed by atoms with Gasteiger partial charge in [-0.25, -0.2) is 4.98 Å². The Kier molecular flexibility index (Phi) is 3.79. The van der Waals surface area contributed by atoms with E-state index in [4.69, 9.17) is 15.6 Å². The van der Waals surface area contributed by atoms with E-state index >= 15 is 0 Å². The molecule has 0 saturated carbocycles. The minimum Gasteiger partial charge on any atom is -0.394 e. The van der Waals surface area contributed by atoms with Crippen LogP contribution in [0.3, 0.4) is 0 Å². The number of nitrogens with zero attached hydrogens (tertiary/aromatic N) is 3. The fourth-order valence-corrected chi connectivity index (χ4v) is 1.76. The lowest BCUT2D eigenvalue weighted by atomic mass is 10.2. The predicted octanol–water partition coefficient (Wildman–Crippen LogP) is -1.41. The molecule has 2 rings (SSSR count). The van der Waals surface area contributed by atoms with E-state index in [-0.39, 0.29) is 30.1 Å². The lowest BCUT2D eigenvalue weighted by Gasteiger charge is -2.18. The quantitative estimate of drug-likeness (QED) is 0.522. The summed E-state index contributed by atoms with van der Waals surface area (Å²) in [4.78, 5) is 21.7. The molecular formula is C10H15N5O4.